The molecule has 0 radical (unpaired) electrons. The Hall–Kier alpha value is -1.000. The Morgan fingerprint density at radius 3 is 2.87 bits per heavy atom. The summed E-state index contributed by atoms with van der Waals surface area (Å²) in [5.41, 5.74) is 0.813. The van der Waals surface area contributed by atoms with Gasteiger partial charge in [0, 0.05) is 5.56 Å². The maximum absolute atomic E-state index is 10.7. The zero-order valence-corrected chi connectivity index (χ0v) is 9.26. The highest BCUT2D eigenvalue weighted by atomic mass is 35.5. The number of carboxylic acid groups (broad SMARTS) is 1. The number of benzene rings is 1. The topological polar surface area (TPSA) is 49.7 Å². The molecule has 0 fully saturated rings. The Balaban J connectivity index is 2.21. The number of hydrogen-bond acceptors (Lipinski definition) is 3. The third kappa shape index (κ3) is 2.16. The van der Waals surface area contributed by atoms with Gasteiger partial charge in [0.2, 0.25) is 0 Å². The molecule has 1 heterocycles. The first kappa shape index (κ1) is 10.5. The molecule has 15 heavy (non-hydrogen) atoms. The molecule has 0 saturated heterocycles. The maximum Gasteiger partial charge on any atom is 0.318 e. The minimum atomic E-state index is -0.828. The van der Waals surface area contributed by atoms with Crippen LogP contribution in [0.3, 0.4) is 0 Å². The van der Waals surface area contributed by atoms with Crippen LogP contribution in [0.2, 0.25) is 5.02 Å². The lowest BCUT2D eigenvalue weighted by atomic mass is 10.2. The zero-order valence-electron chi connectivity index (χ0n) is 7.68. The maximum atomic E-state index is 10.7. The smallest absolute Gasteiger partial charge is 0.318 e. The van der Waals surface area contributed by atoms with Crippen LogP contribution in [0.5, 0.6) is 0 Å². The monoisotopic (exact) mass is 241 g/mol. The van der Waals surface area contributed by atoms with E-state index in [9.17, 15) is 4.79 Å². The van der Waals surface area contributed by atoms with Gasteiger partial charge in [-0.15, -0.1) is 0 Å². The molecule has 0 amide bonds. The minimum absolute atomic E-state index is 0.320. The molecule has 0 spiro atoms. The van der Waals surface area contributed by atoms with Crippen molar-refractivity contribution < 1.29 is 9.90 Å². The molecule has 2 rings (SSSR count). The van der Waals surface area contributed by atoms with Crippen molar-refractivity contribution in [2.24, 2.45) is 4.99 Å². The summed E-state index contributed by atoms with van der Waals surface area (Å²) in [4.78, 5) is 14.9. The largest absolute Gasteiger partial charge is 0.480 e. The second-order valence-electron chi connectivity index (χ2n) is 3.07. The normalized spacial score (nSPS) is 20.1. The fourth-order valence-corrected chi connectivity index (χ4v) is 2.54. The molecule has 0 bridgehead atoms. The van der Waals surface area contributed by atoms with Crippen molar-refractivity contribution in [3.8, 4) is 0 Å². The van der Waals surface area contributed by atoms with Crippen LogP contribution in [0.15, 0.2) is 29.3 Å². The third-order valence-electron chi connectivity index (χ3n) is 2.03. The predicted molar refractivity (Wildman–Crippen MR) is 61.9 cm³/mol. The molecule has 1 N–H and O–H groups in total. The van der Waals surface area contributed by atoms with Crippen molar-refractivity contribution in [3.05, 3.63) is 34.9 Å². The highest BCUT2D eigenvalue weighted by Gasteiger charge is 2.27. The van der Waals surface area contributed by atoms with Gasteiger partial charge in [-0.1, -0.05) is 41.6 Å². The Kier molecular flexibility index (Phi) is 2.98. The molecule has 1 unspecified atom stereocenters. The second-order valence-corrected chi connectivity index (χ2v) is 4.67. The number of halogens is 1. The van der Waals surface area contributed by atoms with Crippen LogP contribution < -0.4 is 0 Å². The van der Waals surface area contributed by atoms with E-state index >= 15 is 0 Å². The van der Waals surface area contributed by atoms with Crippen LogP contribution in [-0.4, -0.2) is 27.9 Å². The number of carboxylic acids is 1. The summed E-state index contributed by atoms with van der Waals surface area (Å²) in [5.74, 6) is -0.828. The molecule has 1 aliphatic heterocycles. The van der Waals surface area contributed by atoms with Gasteiger partial charge < -0.3 is 5.11 Å². The zero-order chi connectivity index (χ0) is 10.8. The van der Waals surface area contributed by atoms with Crippen LogP contribution in [0, 0.1) is 0 Å². The van der Waals surface area contributed by atoms with Gasteiger partial charge in [-0.25, -0.2) is 0 Å². The Morgan fingerprint density at radius 1 is 1.53 bits per heavy atom. The predicted octanol–water partition coefficient (Wildman–Crippen LogP) is 2.29. The molecule has 0 aromatic heterocycles. The van der Waals surface area contributed by atoms with Gasteiger partial charge in [0.05, 0.1) is 11.6 Å². The molecule has 5 heteroatoms. The fourth-order valence-electron chi connectivity index (χ4n) is 1.29. The number of hydrogen-bond donors (Lipinski definition) is 1. The van der Waals surface area contributed by atoms with Gasteiger partial charge in [0.1, 0.15) is 10.3 Å². The van der Waals surface area contributed by atoms with Gasteiger partial charge in [-0.2, -0.15) is 0 Å². The molecule has 3 nitrogen and oxygen atoms in total. The summed E-state index contributed by atoms with van der Waals surface area (Å²) < 4.78 is 0. The Bertz CT molecular complexity index is 433. The number of rotatable bonds is 2. The summed E-state index contributed by atoms with van der Waals surface area (Å²) in [5, 5.41) is 9.67. The van der Waals surface area contributed by atoms with Gasteiger partial charge in [0.15, 0.2) is 0 Å². The van der Waals surface area contributed by atoms with Crippen LogP contribution in [0.25, 0.3) is 0 Å². The van der Waals surface area contributed by atoms with Crippen LogP contribution in [-0.2, 0) is 4.79 Å². The van der Waals surface area contributed by atoms with E-state index in [0.717, 1.165) is 5.56 Å². The average molecular weight is 242 g/mol. The molecular weight excluding hydrogens is 234 g/mol. The first-order valence-corrected chi connectivity index (χ1v) is 5.63. The third-order valence-corrected chi connectivity index (χ3v) is 3.57. The van der Waals surface area contributed by atoms with Crippen LogP contribution in [0.1, 0.15) is 5.56 Å². The van der Waals surface area contributed by atoms with E-state index in [4.69, 9.17) is 16.7 Å². The lowest BCUT2D eigenvalue weighted by Gasteiger charge is -2.03. The summed E-state index contributed by atoms with van der Waals surface area (Å²) >= 11 is 7.24. The van der Waals surface area contributed by atoms with Crippen LogP contribution >= 0.6 is 23.4 Å². The first-order chi connectivity index (χ1) is 7.18. The molecule has 0 saturated carbocycles. The number of nitrogens with zero attached hydrogens (tertiary/aromatic N) is 1. The molecule has 1 aromatic carbocycles. The summed E-state index contributed by atoms with van der Waals surface area (Å²) in [6, 6.07) is 7.31. The Morgan fingerprint density at radius 2 is 2.27 bits per heavy atom. The summed E-state index contributed by atoms with van der Waals surface area (Å²) in [7, 11) is 0. The lowest BCUT2D eigenvalue weighted by Crippen LogP contribution is -2.16. The van der Waals surface area contributed by atoms with E-state index < -0.39 is 11.2 Å². The van der Waals surface area contributed by atoms with Gasteiger partial charge in [0.25, 0.3) is 0 Å². The molecule has 78 valence electrons. The first-order valence-electron chi connectivity index (χ1n) is 4.37. The van der Waals surface area contributed by atoms with Gasteiger partial charge in [-0.3, -0.25) is 9.79 Å². The second kappa shape index (κ2) is 4.24. The van der Waals surface area contributed by atoms with Crippen LogP contribution in [0.4, 0.5) is 0 Å². The van der Waals surface area contributed by atoms with Crippen molar-refractivity contribution in [2.75, 3.05) is 6.54 Å². The number of carbonyl (C=O) groups is 1. The van der Waals surface area contributed by atoms with Crippen molar-refractivity contribution in [2.45, 2.75) is 5.25 Å². The molecule has 1 aromatic rings. The highest BCUT2D eigenvalue weighted by molar-refractivity contribution is 8.15. The van der Waals surface area contributed by atoms with Crippen molar-refractivity contribution >= 4 is 34.4 Å². The van der Waals surface area contributed by atoms with Crippen molar-refractivity contribution in [1.29, 1.82) is 0 Å². The average Bonchev–Trinajstić information content (AvgIpc) is 2.67. The molecule has 0 aliphatic carbocycles. The van der Waals surface area contributed by atoms with E-state index in [1.807, 2.05) is 18.2 Å². The van der Waals surface area contributed by atoms with Crippen molar-refractivity contribution in [1.82, 2.24) is 0 Å². The lowest BCUT2D eigenvalue weighted by molar-refractivity contribution is -0.136. The summed E-state index contributed by atoms with van der Waals surface area (Å²) in [6.45, 7) is 0.320. The SMILES string of the molecule is O=C(O)C1CN=C(c2ccccc2Cl)S1. The van der Waals surface area contributed by atoms with Gasteiger partial charge >= 0.3 is 5.97 Å². The number of aliphatic imine (C=N–C) groups is 1. The van der Waals surface area contributed by atoms with Gasteiger partial charge in [-0.05, 0) is 6.07 Å². The van der Waals surface area contributed by atoms with Crippen molar-refractivity contribution in [3.63, 3.8) is 0 Å². The van der Waals surface area contributed by atoms with E-state index in [1.165, 1.54) is 11.8 Å². The highest BCUT2D eigenvalue weighted by Crippen LogP contribution is 2.29. The number of aliphatic carboxylic acids is 1. The Labute approximate surface area is 96.2 Å². The molecular formula is C10H8ClNO2S. The fraction of sp³-hybridized carbons (Fsp3) is 0.200. The van der Waals surface area contributed by atoms with E-state index in [2.05, 4.69) is 4.99 Å². The summed E-state index contributed by atoms with van der Waals surface area (Å²) in [6.07, 6.45) is 0. The standard InChI is InChI=1S/C10H8ClNO2S/c11-7-4-2-1-3-6(7)9-12-5-8(15-9)10(13)14/h1-4,8H,5H2,(H,13,14). The number of thioether (sulfide) groups is 1. The molecule has 1 atom stereocenters. The van der Waals surface area contributed by atoms with E-state index in [1.54, 1.807) is 6.07 Å². The minimum Gasteiger partial charge on any atom is -0.480 e. The quantitative estimate of drug-likeness (QED) is 0.864. The molecule has 1 aliphatic rings. The van der Waals surface area contributed by atoms with E-state index in [-0.39, 0.29) is 0 Å². The van der Waals surface area contributed by atoms with E-state index in [0.29, 0.717) is 16.6 Å².